The molecule has 1 unspecified atom stereocenters. The Morgan fingerprint density at radius 1 is 1.57 bits per heavy atom. The third kappa shape index (κ3) is 3.21. The van der Waals surface area contributed by atoms with E-state index in [2.05, 4.69) is 9.47 Å². The fourth-order valence-electron chi connectivity index (χ4n) is 0.883. The van der Waals surface area contributed by atoms with Crippen LogP contribution >= 0.6 is 0 Å². The summed E-state index contributed by atoms with van der Waals surface area (Å²) in [5, 5.41) is 0. The lowest BCUT2D eigenvalue weighted by atomic mass is 10.4. The highest BCUT2D eigenvalue weighted by Gasteiger charge is 2.32. The molecule has 1 atom stereocenters. The van der Waals surface area contributed by atoms with Gasteiger partial charge in [0.1, 0.15) is 13.2 Å². The Balaban J connectivity index is 2.12. The second-order valence-electron chi connectivity index (χ2n) is 2.53. The Morgan fingerprint density at radius 2 is 2.36 bits per heavy atom. The van der Waals surface area contributed by atoms with Crippen LogP contribution in [0.3, 0.4) is 0 Å². The van der Waals surface area contributed by atoms with Gasteiger partial charge < -0.3 is 18.9 Å². The monoisotopic (exact) mass is 204 g/mol. The molecule has 0 N–H and O–H groups in total. The quantitative estimate of drug-likeness (QED) is 0.467. The van der Waals surface area contributed by atoms with Gasteiger partial charge in [0.15, 0.2) is 0 Å². The maximum absolute atomic E-state index is 11.1. The molecule has 1 aliphatic heterocycles. The molecule has 6 heteroatoms. The first-order valence-corrected chi connectivity index (χ1v) is 4.32. The average Bonchev–Trinajstić information content (AvgIpc) is 2.59. The van der Waals surface area contributed by atoms with E-state index in [4.69, 9.17) is 9.47 Å². The number of hydrogen-bond acceptors (Lipinski definition) is 6. The first kappa shape index (κ1) is 10.8. The van der Waals surface area contributed by atoms with Crippen molar-refractivity contribution in [2.45, 2.75) is 13.0 Å². The van der Waals surface area contributed by atoms with Crippen molar-refractivity contribution in [2.24, 2.45) is 0 Å². The van der Waals surface area contributed by atoms with Crippen molar-refractivity contribution in [3.63, 3.8) is 0 Å². The van der Waals surface area contributed by atoms with Gasteiger partial charge in [-0.2, -0.15) is 0 Å². The lowest BCUT2D eigenvalue weighted by Crippen LogP contribution is -2.26. The zero-order chi connectivity index (χ0) is 10.4. The molecule has 0 saturated carbocycles. The minimum Gasteiger partial charge on any atom is -0.460 e. The second kappa shape index (κ2) is 5.43. The highest BCUT2D eigenvalue weighted by molar-refractivity contribution is 5.79. The summed E-state index contributed by atoms with van der Waals surface area (Å²) in [5.74, 6) is -0.601. The van der Waals surface area contributed by atoms with Gasteiger partial charge in [-0.15, -0.1) is 0 Å². The van der Waals surface area contributed by atoms with Gasteiger partial charge in [-0.1, -0.05) is 0 Å². The Bertz CT molecular complexity index is 214. The molecule has 0 aromatic carbocycles. The molecule has 0 spiro atoms. The standard InChI is InChI=1S/C8H12O6/c1-2-11-3-4-12-7(9)6-5-13-8(10)14-6/h6H,2-5H2,1H3. The summed E-state index contributed by atoms with van der Waals surface area (Å²) in [6.45, 7) is 2.82. The number of ether oxygens (including phenoxy) is 4. The van der Waals surface area contributed by atoms with Gasteiger partial charge in [0.2, 0.25) is 6.10 Å². The maximum Gasteiger partial charge on any atom is 0.509 e. The predicted molar refractivity (Wildman–Crippen MR) is 43.7 cm³/mol. The van der Waals surface area contributed by atoms with E-state index < -0.39 is 18.2 Å². The van der Waals surface area contributed by atoms with Crippen molar-refractivity contribution < 1.29 is 28.5 Å². The highest BCUT2D eigenvalue weighted by atomic mass is 16.8. The van der Waals surface area contributed by atoms with Gasteiger partial charge in [0, 0.05) is 6.61 Å². The Kier molecular flexibility index (Phi) is 4.18. The van der Waals surface area contributed by atoms with Crippen molar-refractivity contribution in [3.05, 3.63) is 0 Å². The molecule has 0 aromatic rings. The number of rotatable bonds is 5. The van der Waals surface area contributed by atoms with Crippen LogP contribution in [0.5, 0.6) is 0 Å². The molecule has 0 aromatic heterocycles. The molecule has 0 amide bonds. The SMILES string of the molecule is CCOCCOC(=O)C1COC(=O)O1. The molecule has 1 saturated heterocycles. The van der Waals surface area contributed by atoms with E-state index in [1.807, 2.05) is 6.92 Å². The molecule has 1 rings (SSSR count). The molecular formula is C8H12O6. The molecule has 80 valence electrons. The summed E-state index contributed by atoms with van der Waals surface area (Å²) in [7, 11) is 0. The highest BCUT2D eigenvalue weighted by Crippen LogP contribution is 2.07. The van der Waals surface area contributed by atoms with E-state index in [-0.39, 0.29) is 13.2 Å². The van der Waals surface area contributed by atoms with Crippen LogP contribution in [0.1, 0.15) is 6.92 Å². The fourth-order valence-corrected chi connectivity index (χ4v) is 0.883. The van der Waals surface area contributed by atoms with Crippen LogP contribution in [0.25, 0.3) is 0 Å². The van der Waals surface area contributed by atoms with E-state index in [0.29, 0.717) is 13.2 Å². The molecule has 1 fully saturated rings. The van der Waals surface area contributed by atoms with Crippen molar-refractivity contribution in [2.75, 3.05) is 26.4 Å². The van der Waals surface area contributed by atoms with Crippen LogP contribution in [0.2, 0.25) is 0 Å². The lowest BCUT2D eigenvalue weighted by molar-refractivity contribution is -0.153. The number of carbonyl (C=O) groups excluding carboxylic acids is 2. The largest absolute Gasteiger partial charge is 0.509 e. The minimum atomic E-state index is -0.927. The van der Waals surface area contributed by atoms with Gasteiger partial charge in [0.05, 0.1) is 6.61 Å². The summed E-state index contributed by atoms with van der Waals surface area (Å²) in [4.78, 5) is 21.6. The average molecular weight is 204 g/mol. The van der Waals surface area contributed by atoms with E-state index in [0.717, 1.165) is 0 Å². The number of hydrogen-bond donors (Lipinski definition) is 0. The number of esters is 1. The molecule has 0 aliphatic carbocycles. The Labute approximate surface area is 81.1 Å². The van der Waals surface area contributed by atoms with Crippen LogP contribution in [0.4, 0.5) is 4.79 Å². The zero-order valence-corrected chi connectivity index (χ0v) is 7.86. The Morgan fingerprint density at radius 3 is 2.93 bits per heavy atom. The van der Waals surface area contributed by atoms with E-state index in [1.165, 1.54) is 0 Å². The second-order valence-corrected chi connectivity index (χ2v) is 2.53. The van der Waals surface area contributed by atoms with E-state index in [9.17, 15) is 9.59 Å². The number of cyclic esters (lactones) is 2. The fraction of sp³-hybridized carbons (Fsp3) is 0.750. The van der Waals surface area contributed by atoms with Crippen LogP contribution in [-0.2, 0) is 23.7 Å². The van der Waals surface area contributed by atoms with Crippen LogP contribution in [-0.4, -0.2) is 44.7 Å². The molecule has 1 heterocycles. The lowest BCUT2D eigenvalue weighted by Gasteiger charge is -2.06. The minimum absolute atomic E-state index is 0.0771. The van der Waals surface area contributed by atoms with Crippen molar-refractivity contribution >= 4 is 12.1 Å². The summed E-state index contributed by atoms with van der Waals surface area (Å²) in [6.07, 6.45) is -1.76. The molecule has 0 bridgehead atoms. The molecule has 14 heavy (non-hydrogen) atoms. The topological polar surface area (TPSA) is 71.1 Å². The first-order valence-electron chi connectivity index (χ1n) is 4.32. The third-order valence-corrected chi connectivity index (χ3v) is 1.53. The van der Waals surface area contributed by atoms with E-state index in [1.54, 1.807) is 0 Å². The molecule has 0 radical (unpaired) electrons. The van der Waals surface area contributed by atoms with Gasteiger partial charge in [-0.05, 0) is 6.92 Å². The van der Waals surface area contributed by atoms with Crippen LogP contribution in [0, 0.1) is 0 Å². The summed E-state index contributed by atoms with van der Waals surface area (Å²) < 4.78 is 18.6. The van der Waals surface area contributed by atoms with Crippen molar-refractivity contribution in [1.82, 2.24) is 0 Å². The summed E-state index contributed by atoms with van der Waals surface area (Å²) in [6, 6.07) is 0. The van der Waals surface area contributed by atoms with Gasteiger partial charge in [-0.3, -0.25) is 0 Å². The molecule has 6 nitrogen and oxygen atoms in total. The Hall–Kier alpha value is -1.30. The summed E-state index contributed by atoms with van der Waals surface area (Å²) in [5.41, 5.74) is 0. The third-order valence-electron chi connectivity index (χ3n) is 1.53. The van der Waals surface area contributed by atoms with Crippen LogP contribution < -0.4 is 0 Å². The smallest absolute Gasteiger partial charge is 0.460 e. The molecule has 1 aliphatic rings. The normalized spacial score (nSPS) is 20.1. The van der Waals surface area contributed by atoms with Gasteiger partial charge >= 0.3 is 12.1 Å². The first-order chi connectivity index (χ1) is 6.74. The van der Waals surface area contributed by atoms with E-state index >= 15 is 0 Å². The predicted octanol–water partition coefficient (Wildman–Crippen LogP) is 0.101. The maximum atomic E-state index is 11.1. The zero-order valence-electron chi connectivity index (χ0n) is 7.86. The van der Waals surface area contributed by atoms with Gasteiger partial charge in [0.25, 0.3) is 0 Å². The van der Waals surface area contributed by atoms with Gasteiger partial charge in [-0.25, -0.2) is 9.59 Å². The van der Waals surface area contributed by atoms with Crippen molar-refractivity contribution in [3.8, 4) is 0 Å². The number of carbonyl (C=O) groups is 2. The van der Waals surface area contributed by atoms with Crippen LogP contribution in [0.15, 0.2) is 0 Å². The summed E-state index contributed by atoms with van der Waals surface area (Å²) >= 11 is 0. The van der Waals surface area contributed by atoms with Crippen molar-refractivity contribution in [1.29, 1.82) is 0 Å². The molecular weight excluding hydrogens is 192 g/mol.